The molecule has 0 atom stereocenters. The van der Waals surface area contributed by atoms with E-state index in [4.69, 9.17) is 9.73 Å². The number of methoxy groups -OCH3 is 1. The number of imidazole rings is 1. The zero-order valence-corrected chi connectivity index (χ0v) is 17.8. The van der Waals surface area contributed by atoms with Gasteiger partial charge in [-0.15, -0.1) is 0 Å². The fourth-order valence-corrected chi connectivity index (χ4v) is 3.79. The summed E-state index contributed by atoms with van der Waals surface area (Å²) in [4.78, 5) is 14.3. The number of guanidine groups is 1. The standard InChI is InChI=1S/C23H30N6O/c1-3-24-23(25-11-10-19-18-29-12-5-4-9-22(29)26-19)28-15-13-27(14-16-28)20-7-6-8-21(17-20)30-2/h4-9,12,17-18H,3,10-11,13-16H2,1-2H3,(H,24,25). The maximum atomic E-state index is 5.36. The highest BCUT2D eigenvalue weighted by atomic mass is 16.5. The molecular weight excluding hydrogens is 376 g/mol. The molecule has 0 amide bonds. The summed E-state index contributed by atoms with van der Waals surface area (Å²) in [7, 11) is 1.71. The van der Waals surface area contributed by atoms with Gasteiger partial charge in [-0.25, -0.2) is 4.98 Å². The Balaban J connectivity index is 1.35. The molecule has 1 saturated heterocycles. The van der Waals surface area contributed by atoms with Gasteiger partial charge in [0.05, 0.1) is 12.8 Å². The fraction of sp³-hybridized carbons (Fsp3) is 0.391. The molecule has 30 heavy (non-hydrogen) atoms. The van der Waals surface area contributed by atoms with Crippen molar-refractivity contribution in [3.05, 3.63) is 60.6 Å². The Bertz CT molecular complexity index is 957. The molecule has 1 aromatic carbocycles. The minimum absolute atomic E-state index is 0.725. The molecule has 158 valence electrons. The maximum Gasteiger partial charge on any atom is 0.194 e. The van der Waals surface area contributed by atoms with Crippen molar-refractivity contribution in [1.29, 1.82) is 0 Å². The summed E-state index contributed by atoms with van der Waals surface area (Å²) in [5.41, 5.74) is 3.27. The van der Waals surface area contributed by atoms with Crippen molar-refractivity contribution >= 4 is 17.3 Å². The highest BCUT2D eigenvalue weighted by Gasteiger charge is 2.20. The second-order valence-corrected chi connectivity index (χ2v) is 7.36. The number of anilines is 1. The quantitative estimate of drug-likeness (QED) is 0.504. The van der Waals surface area contributed by atoms with Crippen LogP contribution >= 0.6 is 0 Å². The molecule has 1 aliphatic heterocycles. The van der Waals surface area contributed by atoms with E-state index >= 15 is 0 Å². The third-order valence-corrected chi connectivity index (χ3v) is 5.38. The summed E-state index contributed by atoms with van der Waals surface area (Å²) in [5.74, 6) is 1.89. The SMILES string of the molecule is CCNC(=NCCc1cn2ccccc2n1)N1CCN(c2cccc(OC)c2)CC1. The highest BCUT2D eigenvalue weighted by Crippen LogP contribution is 2.22. The van der Waals surface area contributed by atoms with Crippen LogP contribution in [0.25, 0.3) is 5.65 Å². The molecule has 0 bridgehead atoms. The van der Waals surface area contributed by atoms with Crippen LogP contribution in [0.2, 0.25) is 0 Å². The zero-order chi connectivity index (χ0) is 20.8. The number of aromatic nitrogens is 2. The van der Waals surface area contributed by atoms with Crippen LogP contribution in [0.15, 0.2) is 59.9 Å². The lowest BCUT2D eigenvalue weighted by Gasteiger charge is -2.37. The third-order valence-electron chi connectivity index (χ3n) is 5.38. The summed E-state index contributed by atoms with van der Waals surface area (Å²) in [5, 5.41) is 3.45. The van der Waals surface area contributed by atoms with E-state index in [1.54, 1.807) is 7.11 Å². The molecule has 1 N–H and O–H groups in total. The van der Waals surface area contributed by atoms with Crippen LogP contribution in [0, 0.1) is 0 Å². The Morgan fingerprint density at radius 3 is 2.77 bits per heavy atom. The number of fused-ring (bicyclic) bond motifs is 1. The van der Waals surface area contributed by atoms with Gasteiger partial charge >= 0.3 is 0 Å². The first kappa shape index (κ1) is 20.1. The van der Waals surface area contributed by atoms with Crippen LogP contribution in [0.5, 0.6) is 5.75 Å². The van der Waals surface area contributed by atoms with E-state index in [-0.39, 0.29) is 0 Å². The molecule has 4 rings (SSSR count). The van der Waals surface area contributed by atoms with Gasteiger partial charge in [0.1, 0.15) is 11.4 Å². The number of ether oxygens (including phenoxy) is 1. The zero-order valence-electron chi connectivity index (χ0n) is 17.8. The number of benzene rings is 1. The Kier molecular flexibility index (Phi) is 6.37. The summed E-state index contributed by atoms with van der Waals surface area (Å²) in [6, 6.07) is 14.3. The minimum Gasteiger partial charge on any atom is -0.497 e. The lowest BCUT2D eigenvalue weighted by atomic mass is 10.2. The normalized spacial score (nSPS) is 14.9. The van der Waals surface area contributed by atoms with Gasteiger partial charge in [-0.05, 0) is 31.2 Å². The number of hydrogen-bond acceptors (Lipinski definition) is 4. The van der Waals surface area contributed by atoms with Gasteiger partial charge in [0.15, 0.2) is 5.96 Å². The monoisotopic (exact) mass is 406 g/mol. The van der Waals surface area contributed by atoms with Crippen LogP contribution in [-0.2, 0) is 6.42 Å². The molecule has 2 aromatic heterocycles. The largest absolute Gasteiger partial charge is 0.497 e. The first-order valence-electron chi connectivity index (χ1n) is 10.6. The van der Waals surface area contributed by atoms with Crippen LogP contribution in [-0.4, -0.2) is 66.6 Å². The Hall–Kier alpha value is -3.22. The molecule has 1 fully saturated rings. The number of hydrogen-bond donors (Lipinski definition) is 1. The van der Waals surface area contributed by atoms with E-state index in [9.17, 15) is 0 Å². The number of nitrogens with one attached hydrogen (secondary N) is 1. The minimum atomic E-state index is 0.725. The van der Waals surface area contributed by atoms with E-state index in [0.29, 0.717) is 0 Å². The average molecular weight is 407 g/mol. The van der Waals surface area contributed by atoms with Gasteiger partial charge in [0, 0.05) is 69.8 Å². The van der Waals surface area contributed by atoms with Gasteiger partial charge in [0.2, 0.25) is 0 Å². The van der Waals surface area contributed by atoms with Crippen LogP contribution in [0.4, 0.5) is 5.69 Å². The van der Waals surface area contributed by atoms with Crippen molar-refractivity contribution in [2.45, 2.75) is 13.3 Å². The number of piperazine rings is 1. The smallest absolute Gasteiger partial charge is 0.194 e. The van der Waals surface area contributed by atoms with E-state index in [2.05, 4.69) is 49.8 Å². The fourth-order valence-electron chi connectivity index (χ4n) is 3.79. The molecule has 7 nitrogen and oxygen atoms in total. The topological polar surface area (TPSA) is 57.4 Å². The second kappa shape index (κ2) is 9.52. The van der Waals surface area contributed by atoms with Gasteiger partial charge in [-0.3, -0.25) is 4.99 Å². The first-order chi connectivity index (χ1) is 14.8. The van der Waals surface area contributed by atoms with Crippen LogP contribution < -0.4 is 15.0 Å². The summed E-state index contributed by atoms with van der Waals surface area (Å²) < 4.78 is 7.42. The van der Waals surface area contributed by atoms with Crippen molar-refractivity contribution in [2.24, 2.45) is 4.99 Å². The van der Waals surface area contributed by atoms with Crippen molar-refractivity contribution in [2.75, 3.05) is 51.3 Å². The first-order valence-corrected chi connectivity index (χ1v) is 10.6. The summed E-state index contributed by atoms with van der Waals surface area (Å²) >= 11 is 0. The van der Waals surface area contributed by atoms with Gasteiger partial charge < -0.3 is 24.3 Å². The molecule has 3 aromatic rings. The number of aliphatic imine (C=N–C) groups is 1. The number of nitrogens with zero attached hydrogens (tertiary/aromatic N) is 5. The van der Waals surface area contributed by atoms with Crippen molar-refractivity contribution in [1.82, 2.24) is 19.6 Å². The molecule has 0 unspecified atom stereocenters. The number of pyridine rings is 1. The molecule has 0 aliphatic carbocycles. The number of rotatable bonds is 6. The van der Waals surface area contributed by atoms with E-state index < -0.39 is 0 Å². The molecule has 0 saturated carbocycles. The van der Waals surface area contributed by atoms with E-state index in [0.717, 1.165) is 68.7 Å². The van der Waals surface area contributed by atoms with Crippen LogP contribution in [0.1, 0.15) is 12.6 Å². The lowest BCUT2D eigenvalue weighted by molar-refractivity contribution is 0.372. The van der Waals surface area contributed by atoms with Crippen molar-refractivity contribution in [3.8, 4) is 5.75 Å². The van der Waals surface area contributed by atoms with Crippen LogP contribution in [0.3, 0.4) is 0 Å². The van der Waals surface area contributed by atoms with E-state index in [1.807, 2.05) is 36.5 Å². The van der Waals surface area contributed by atoms with E-state index in [1.165, 1.54) is 5.69 Å². The Labute approximate surface area is 178 Å². The second-order valence-electron chi connectivity index (χ2n) is 7.36. The highest BCUT2D eigenvalue weighted by molar-refractivity contribution is 5.80. The van der Waals surface area contributed by atoms with Gasteiger partial charge in [-0.2, -0.15) is 0 Å². The molecular formula is C23H30N6O. The predicted octanol–water partition coefficient (Wildman–Crippen LogP) is 2.67. The molecule has 7 heteroatoms. The maximum absolute atomic E-state index is 5.36. The summed E-state index contributed by atoms with van der Waals surface area (Å²) in [6.45, 7) is 7.51. The molecule has 3 heterocycles. The average Bonchev–Trinajstić information content (AvgIpc) is 3.21. The lowest BCUT2D eigenvalue weighted by Crippen LogP contribution is -2.52. The Morgan fingerprint density at radius 1 is 1.13 bits per heavy atom. The Morgan fingerprint density at radius 2 is 2.00 bits per heavy atom. The third kappa shape index (κ3) is 4.67. The molecule has 0 radical (unpaired) electrons. The van der Waals surface area contributed by atoms with Gasteiger partial charge in [0.25, 0.3) is 0 Å². The summed E-state index contributed by atoms with van der Waals surface area (Å²) in [6.07, 6.45) is 4.95. The van der Waals surface area contributed by atoms with Crippen molar-refractivity contribution < 1.29 is 4.74 Å². The predicted molar refractivity (Wildman–Crippen MR) is 122 cm³/mol. The molecule has 1 aliphatic rings. The molecule has 0 spiro atoms. The van der Waals surface area contributed by atoms with Gasteiger partial charge in [-0.1, -0.05) is 12.1 Å². The van der Waals surface area contributed by atoms with Crippen molar-refractivity contribution in [3.63, 3.8) is 0 Å².